The van der Waals surface area contributed by atoms with Crippen LogP contribution >= 0.6 is 11.3 Å². The zero-order valence-electron chi connectivity index (χ0n) is 12.3. The second-order valence-electron chi connectivity index (χ2n) is 5.63. The molecule has 1 aliphatic carbocycles. The summed E-state index contributed by atoms with van der Waals surface area (Å²) in [4.78, 5) is 6.31. The Hall–Kier alpha value is -1.40. The molecule has 0 saturated carbocycles. The van der Waals surface area contributed by atoms with Crippen molar-refractivity contribution in [3.05, 3.63) is 29.3 Å². The van der Waals surface area contributed by atoms with E-state index >= 15 is 0 Å². The van der Waals surface area contributed by atoms with Gasteiger partial charge in [-0.15, -0.1) is 11.3 Å². The van der Waals surface area contributed by atoms with Gasteiger partial charge in [0.25, 0.3) is 0 Å². The van der Waals surface area contributed by atoms with Crippen molar-refractivity contribution < 1.29 is 13.2 Å². The average molecular weight is 326 g/mol. The second-order valence-corrected chi connectivity index (χ2v) is 6.66. The number of nitrogens with zero attached hydrogens (tertiary/aromatic N) is 1. The average Bonchev–Trinajstić information content (AvgIpc) is 3.03. The van der Waals surface area contributed by atoms with Gasteiger partial charge in [0.1, 0.15) is 4.83 Å². The number of alkyl halides is 3. The molecule has 0 spiro atoms. The highest BCUT2D eigenvalue weighted by Crippen LogP contribution is 2.56. The van der Waals surface area contributed by atoms with E-state index in [1.165, 1.54) is 11.3 Å². The molecule has 0 aromatic carbocycles. The zero-order valence-corrected chi connectivity index (χ0v) is 13.1. The van der Waals surface area contributed by atoms with Gasteiger partial charge in [0.05, 0.1) is 0 Å². The van der Waals surface area contributed by atoms with Gasteiger partial charge in [-0.3, -0.25) is 0 Å². The van der Waals surface area contributed by atoms with Crippen LogP contribution in [0.4, 0.5) is 13.2 Å². The van der Waals surface area contributed by atoms with Crippen molar-refractivity contribution in [3.63, 3.8) is 0 Å². The number of thiophene rings is 1. The highest BCUT2D eigenvalue weighted by atomic mass is 32.1. The van der Waals surface area contributed by atoms with Crippen molar-refractivity contribution in [2.45, 2.75) is 31.4 Å². The summed E-state index contributed by atoms with van der Waals surface area (Å²) in [6.45, 7) is 4.05. The number of pyridine rings is 1. The van der Waals surface area contributed by atoms with E-state index in [0.29, 0.717) is 0 Å². The first kappa shape index (κ1) is 15.5. The van der Waals surface area contributed by atoms with E-state index in [4.69, 9.17) is 0 Å². The molecule has 22 heavy (non-hydrogen) atoms. The van der Waals surface area contributed by atoms with Crippen LogP contribution in [-0.4, -0.2) is 24.8 Å². The molecule has 6 heteroatoms. The highest BCUT2D eigenvalue weighted by molar-refractivity contribution is 7.20. The first-order valence-corrected chi connectivity index (χ1v) is 8.06. The van der Waals surface area contributed by atoms with Gasteiger partial charge in [-0.1, -0.05) is 6.58 Å². The Morgan fingerprint density at radius 1 is 1.45 bits per heavy atom. The Morgan fingerprint density at radius 2 is 2.23 bits per heavy atom. The molecule has 2 nitrogen and oxygen atoms in total. The largest absolute Gasteiger partial charge is 0.412 e. The second kappa shape index (κ2) is 5.66. The summed E-state index contributed by atoms with van der Waals surface area (Å²) >= 11 is 1.53. The van der Waals surface area contributed by atoms with Gasteiger partial charge in [0.2, 0.25) is 0 Å². The summed E-state index contributed by atoms with van der Waals surface area (Å²) in [5, 5.41) is 4.20. The lowest BCUT2D eigenvalue weighted by Crippen LogP contribution is -2.15. The molecule has 0 saturated heterocycles. The SMILES string of the molecule is C=C(CC(CCCNC)c1sc2nccc3c2c1-3)C(F)(F)F. The van der Waals surface area contributed by atoms with E-state index in [-0.39, 0.29) is 12.3 Å². The molecule has 0 radical (unpaired) electrons. The van der Waals surface area contributed by atoms with Crippen molar-refractivity contribution in [2.24, 2.45) is 0 Å². The van der Waals surface area contributed by atoms with Crippen LogP contribution in [0.2, 0.25) is 0 Å². The smallest absolute Gasteiger partial charge is 0.320 e. The fourth-order valence-electron chi connectivity index (χ4n) is 2.88. The predicted molar refractivity (Wildman–Crippen MR) is 84.3 cm³/mol. The molecule has 1 unspecified atom stereocenters. The van der Waals surface area contributed by atoms with Crippen molar-refractivity contribution in [1.82, 2.24) is 10.3 Å². The number of hydrogen-bond donors (Lipinski definition) is 1. The van der Waals surface area contributed by atoms with Crippen LogP contribution in [0, 0.1) is 0 Å². The molecule has 3 rings (SSSR count). The molecule has 2 heterocycles. The van der Waals surface area contributed by atoms with E-state index in [9.17, 15) is 13.2 Å². The molecule has 2 aromatic heterocycles. The summed E-state index contributed by atoms with van der Waals surface area (Å²) < 4.78 is 38.5. The Kier molecular flexibility index (Phi) is 3.99. The number of hydrogen-bond acceptors (Lipinski definition) is 3. The van der Waals surface area contributed by atoms with Crippen LogP contribution < -0.4 is 5.32 Å². The van der Waals surface area contributed by atoms with Crippen molar-refractivity contribution in [3.8, 4) is 11.1 Å². The molecule has 118 valence electrons. The molecule has 0 aliphatic heterocycles. The van der Waals surface area contributed by atoms with Crippen LogP contribution in [0.1, 0.15) is 30.1 Å². The molecular weight excluding hydrogens is 309 g/mol. The van der Waals surface area contributed by atoms with Gasteiger partial charge in [-0.25, -0.2) is 4.98 Å². The lowest BCUT2D eigenvalue weighted by Gasteiger charge is -2.19. The van der Waals surface area contributed by atoms with Crippen LogP contribution in [0.25, 0.3) is 21.3 Å². The molecule has 0 amide bonds. The fourth-order valence-corrected chi connectivity index (χ4v) is 4.19. The van der Waals surface area contributed by atoms with E-state index in [1.54, 1.807) is 6.20 Å². The molecule has 0 fully saturated rings. The third-order valence-electron chi connectivity index (χ3n) is 4.07. The molecule has 0 bridgehead atoms. The lowest BCUT2D eigenvalue weighted by atomic mass is 9.92. The number of fused-ring (bicyclic) bond motifs is 1. The lowest BCUT2D eigenvalue weighted by molar-refractivity contribution is -0.0941. The number of allylic oxidation sites excluding steroid dienone is 1. The number of rotatable bonds is 7. The monoisotopic (exact) mass is 326 g/mol. The summed E-state index contributed by atoms with van der Waals surface area (Å²) in [6, 6.07) is 1.94. The Morgan fingerprint density at radius 3 is 2.82 bits per heavy atom. The number of nitrogens with one attached hydrogen (secondary N) is 1. The van der Waals surface area contributed by atoms with Gasteiger partial charge in [-0.2, -0.15) is 13.2 Å². The molecule has 1 N–H and O–H groups in total. The minimum atomic E-state index is -4.31. The zero-order chi connectivity index (χ0) is 15.9. The predicted octanol–water partition coefficient (Wildman–Crippen LogP) is 4.87. The maximum Gasteiger partial charge on any atom is 0.412 e. The van der Waals surface area contributed by atoms with E-state index in [1.807, 2.05) is 13.1 Å². The fraction of sp³-hybridized carbons (Fsp3) is 0.438. The highest BCUT2D eigenvalue weighted by Gasteiger charge is 2.37. The molecule has 1 aliphatic rings. The van der Waals surface area contributed by atoms with Crippen LogP contribution in [0.5, 0.6) is 0 Å². The van der Waals surface area contributed by atoms with E-state index in [0.717, 1.165) is 45.6 Å². The van der Waals surface area contributed by atoms with Crippen LogP contribution in [-0.2, 0) is 0 Å². The van der Waals surface area contributed by atoms with Gasteiger partial charge in [-0.05, 0) is 50.4 Å². The van der Waals surface area contributed by atoms with E-state index in [2.05, 4.69) is 16.9 Å². The molecular formula is C16H17F3N2S. The van der Waals surface area contributed by atoms with Gasteiger partial charge >= 0.3 is 6.18 Å². The summed E-state index contributed by atoms with van der Waals surface area (Å²) in [5.74, 6) is -0.130. The van der Waals surface area contributed by atoms with Crippen molar-refractivity contribution >= 4 is 21.6 Å². The quantitative estimate of drug-likeness (QED) is 0.495. The van der Waals surface area contributed by atoms with Crippen LogP contribution in [0.3, 0.4) is 0 Å². The first-order chi connectivity index (χ1) is 10.4. The summed E-state index contributed by atoms with van der Waals surface area (Å²) in [7, 11) is 1.85. The maximum atomic E-state index is 12.8. The minimum absolute atomic E-state index is 0.0311. The maximum absolute atomic E-state index is 12.8. The third kappa shape index (κ3) is 2.77. The van der Waals surface area contributed by atoms with Crippen molar-refractivity contribution in [2.75, 3.05) is 13.6 Å². The van der Waals surface area contributed by atoms with E-state index < -0.39 is 11.7 Å². The number of aromatic nitrogens is 1. The topological polar surface area (TPSA) is 24.9 Å². The third-order valence-corrected chi connectivity index (χ3v) is 5.33. The first-order valence-electron chi connectivity index (χ1n) is 7.24. The Balaban J connectivity index is 1.82. The van der Waals surface area contributed by atoms with Gasteiger partial charge in [0.15, 0.2) is 0 Å². The van der Waals surface area contributed by atoms with Gasteiger partial charge in [0, 0.05) is 27.6 Å². The van der Waals surface area contributed by atoms with Crippen molar-refractivity contribution in [1.29, 1.82) is 0 Å². The minimum Gasteiger partial charge on any atom is -0.320 e. The molecule has 1 atom stereocenters. The summed E-state index contributed by atoms with van der Waals surface area (Å²) in [6.07, 6.45) is -1.02. The van der Waals surface area contributed by atoms with Crippen LogP contribution in [0.15, 0.2) is 24.4 Å². The van der Waals surface area contributed by atoms with Gasteiger partial charge < -0.3 is 5.32 Å². The number of halogens is 3. The standard InChI is InChI=1S/C16H17F3N2S/c1-9(16(17,18)19)8-10(4-3-6-20-2)14-12-11-5-7-21-15(22-14)13(11)12/h5,7,10,20H,1,3-4,6,8H2,2H3. The Labute approximate surface area is 131 Å². The normalized spacial score (nSPS) is 14.4. The molecule has 2 aromatic rings. The Bertz CT molecular complexity index is 718. The summed E-state index contributed by atoms with van der Waals surface area (Å²) in [5.41, 5.74) is 1.66.